The fraction of sp³-hybridized carbons (Fsp3) is 0.667. The first-order valence-electron chi connectivity index (χ1n) is 8.11. The molecule has 2 atom stereocenters. The van der Waals surface area contributed by atoms with Gasteiger partial charge in [0.15, 0.2) is 0 Å². The van der Waals surface area contributed by atoms with Gasteiger partial charge in [0.05, 0.1) is 0 Å². The summed E-state index contributed by atoms with van der Waals surface area (Å²) >= 11 is 0. The Morgan fingerprint density at radius 3 is 2.75 bits per heavy atom. The first-order chi connectivity index (χ1) is 9.63. The van der Waals surface area contributed by atoms with Crippen LogP contribution in [0.3, 0.4) is 0 Å². The summed E-state index contributed by atoms with van der Waals surface area (Å²) in [6, 6.07) is 7.59. The zero-order chi connectivity index (χ0) is 14.5. The van der Waals surface area contributed by atoms with E-state index in [1.807, 2.05) is 0 Å². The second kappa shape index (κ2) is 7.24. The summed E-state index contributed by atoms with van der Waals surface area (Å²) in [5.74, 6) is 0.738. The smallest absolute Gasteiger partial charge is 0.0385 e. The van der Waals surface area contributed by atoms with Gasteiger partial charge in [-0.15, -0.1) is 0 Å². The van der Waals surface area contributed by atoms with Crippen LogP contribution >= 0.6 is 0 Å². The molecule has 1 aromatic rings. The Bertz CT molecular complexity index is 427. The standard InChI is InChI=1S/C18H30N2/c1-5-10-19-13-17-7-6-11-20(4)18(17)16-9-8-14(2)15(3)12-16/h8-9,12,17-19H,5-7,10-11,13H2,1-4H3. The van der Waals surface area contributed by atoms with Crippen LogP contribution in [-0.2, 0) is 0 Å². The number of aryl methyl sites for hydroxylation is 2. The van der Waals surface area contributed by atoms with Gasteiger partial charge in [-0.3, -0.25) is 4.90 Å². The van der Waals surface area contributed by atoms with Crippen LogP contribution < -0.4 is 5.32 Å². The van der Waals surface area contributed by atoms with Gasteiger partial charge in [0.2, 0.25) is 0 Å². The number of nitrogens with zero attached hydrogens (tertiary/aromatic N) is 1. The summed E-state index contributed by atoms with van der Waals surface area (Å²) in [5, 5.41) is 3.62. The van der Waals surface area contributed by atoms with Crippen molar-refractivity contribution in [3.63, 3.8) is 0 Å². The third-order valence-corrected chi connectivity index (χ3v) is 4.71. The topological polar surface area (TPSA) is 15.3 Å². The van der Waals surface area contributed by atoms with Gasteiger partial charge in [0.1, 0.15) is 0 Å². The minimum Gasteiger partial charge on any atom is -0.316 e. The highest BCUT2D eigenvalue weighted by atomic mass is 15.1. The molecule has 1 heterocycles. The van der Waals surface area contributed by atoms with E-state index in [-0.39, 0.29) is 0 Å². The maximum Gasteiger partial charge on any atom is 0.0385 e. The predicted octanol–water partition coefficient (Wildman–Crippen LogP) is 3.69. The summed E-state index contributed by atoms with van der Waals surface area (Å²) in [7, 11) is 2.28. The number of piperidine rings is 1. The van der Waals surface area contributed by atoms with Crippen molar-refractivity contribution in [1.29, 1.82) is 0 Å². The molecule has 1 aliphatic rings. The largest absolute Gasteiger partial charge is 0.316 e. The lowest BCUT2D eigenvalue weighted by atomic mass is 9.84. The summed E-state index contributed by atoms with van der Waals surface area (Å²) in [4.78, 5) is 2.55. The van der Waals surface area contributed by atoms with Crippen LogP contribution in [-0.4, -0.2) is 31.6 Å². The van der Waals surface area contributed by atoms with Gasteiger partial charge in [-0.25, -0.2) is 0 Å². The van der Waals surface area contributed by atoms with E-state index in [1.165, 1.54) is 42.5 Å². The molecule has 0 bridgehead atoms. The molecule has 1 saturated heterocycles. The molecule has 0 spiro atoms. The molecule has 20 heavy (non-hydrogen) atoms. The van der Waals surface area contributed by atoms with E-state index in [4.69, 9.17) is 0 Å². The van der Waals surface area contributed by atoms with Gasteiger partial charge in [-0.1, -0.05) is 25.1 Å². The molecule has 2 unspecified atom stereocenters. The van der Waals surface area contributed by atoms with Gasteiger partial charge in [-0.2, -0.15) is 0 Å². The van der Waals surface area contributed by atoms with Crippen molar-refractivity contribution >= 4 is 0 Å². The van der Waals surface area contributed by atoms with Crippen LogP contribution in [0.1, 0.15) is 48.9 Å². The molecule has 112 valence electrons. The number of hydrogen-bond acceptors (Lipinski definition) is 2. The molecular weight excluding hydrogens is 244 g/mol. The highest BCUT2D eigenvalue weighted by Crippen LogP contribution is 2.35. The van der Waals surface area contributed by atoms with Crippen LogP contribution in [0.25, 0.3) is 0 Å². The molecule has 1 aliphatic heterocycles. The summed E-state index contributed by atoms with van der Waals surface area (Å²) in [6.07, 6.45) is 3.89. The maximum atomic E-state index is 3.62. The van der Waals surface area contributed by atoms with Crippen molar-refractivity contribution in [2.24, 2.45) is 5.92 Å². The van der Waals surface area contributed by atoms with Crippen molar-refractivity contribution < 1.29 is 0 Å². The first kappa shape index (κ1) is 15.5. The van der Waals surface area contributed by atoms with Gasteiger partial charge >= 0.3 is 0 Å². The molecule has 0 aromatic heterocycles. The Balaban J connectivity index is 2.15. The molecule has 1 fully saturated rings. The van der Waals surface area contributed by atoms with Crippen LogP contribution in [0.2, 0.25) is 0 Å². The molecule has 1 N–H and O–H groups in total. The predicted molar refractivity (Wildman–Crippen MR) is 87.2 cm³/mol. The maximum absolute atomic E-state index is 3.62. The van der Waals surface area contributed by atoms with Gasteiger partial charge in [0, 0.05) is 6.04 Å². The lowest BCUT2D eigenvalue weighted by Crippen LogP contribution is -2.40. The Morgan fingerprint density at radius 1 is 1.25 bits per heavy atom. The summed E-state index contributed by atoms with van der Waals surface area (Å²) in [6.45, 7) is 10.2. The minimum atomic E-state index is 0.576. The molecule has 2 nitrogen and oxygen atoms in total. The van der Waals surface area contributed by atoms with E-state index < -0.39 is 0 Å². The Morgan fingerprint density at radius 2 is 2.05 bits per heavy atom. The van der Waals surface area contributed by atoms with E-state index in [0.29, 0.717) is 6.04 Å². The normalized spacial score (nSPS) is 24.0. The molecule has 2 rings (SSSR count). The number of hydrogen-bond donors (Lipinski definition) is 1. The van der Waals surface area contributed by atoms with Crippen LogP contribution in [0.5, 0.6) is 0 Å². The Labute approximate surface area is 124 Å². The van der Waals surface area contributed by atoms with Crippen molar-refractivity contribution in [3.05, 3.63) is 34.9 Å². The molecular formula is C18H30N2. The molecule has 2 heteroatoms. The van der Waals surface area contributed by atoms with Gasteiger partial charge in [0.25, 0.3) is 0 Å². The van der Waals surface area contributed by atoms with Crippen molar-refractivity contribution in [2.45, 2.75) is 46.1 Å². The highest BCUT2D eigenvalue weighted by molar-refractivity contribution is 5.32. The number of likely N-dealkylation sites (tertiary alicyclic amines) is 1. The fourth-order valence-electron chi connectivity index (χ4n) is 3.41. The average Bonchev–Trinajstić information content (AvgIpc) is 2.43. The lowest BCUT2D eigenvalue weighted by molar-refractivity contribution is 0.119. The highest BCUT2D eigenvalue weighted by Gasteiger charge is 2.30. The molecule has 1 aromatic carbocycles. The van der Waals surface area contributed by atoms with Crippen molar-refractivity contribution in [3.8, 4) is 0 Å². The SMILES string of the molecule is CCCNCC1CCCN(C)C1c1ccc(C)c(C)c1. The summed E-state index contributed by atoms with van der Waals surface area (Å²) in [5.41, 5.74) is 4.31. The molecule has 0 saturated carbocycles. The number of nitrogens with one attached hydrogen (secondary N) is 1. The van der Waals surface area contributed by atoms with E-state index in [1.54, 1.807) is 0 Å². The van der Waals surface area contributed by atoms with E-state index >= 15 is 0 Å². The lowest BCUT2D eigenvalue weighted by Gasteiger charge is -2.40. The average molecular weight is 274 g/mol. The monoisotopic (exact) mass is 274 g/mol. The van der Waals surface area contributed by atoms with Gasteiger partial charge in [-0.05, 0) is 82.4 Å². The van der Waals surface area contributed by atoms with Crippen LogP contribution in [0, 0.1) is 19.8 Å². The quantitative estimate of drug-likeness (QED) is 0.824. The molecule has 0 aliphatic carbocycles. The second-order valence-corrected chi connectivity index (χ2v) is 6.38. The van der Waals surface area contributed by atoms with Crippen molar-refractivity contribution in [1.82, 2.24) is 10.2 Å². The summed E-state index contributed by atoms with van der Waals surface area (Å²) < 4.78 is 0. The van der Waals surface area contributed by atoms with E-state index in [0.717, 1.165) is 19.0 Å². The molecule has 0 amide bonds. The molecule has 0 radical (unpaired) electrons. The minimum absolute atomic E-state index is 0.576. The van der Waals surface area contributed by atoms with Gasteiger partial charge < -0.3 is 5.32 Å². The van der Waals surface area contributed by atoms with E-state index in [2.05, 4.69) is 56.2 Å². The Hall–Kier alpha value is -0.860. The Kier molecular flexibility index (Phi) is 5.62. The zero-order valence-corrected chi connectivity index (χ0v) is 13.6. The van der Waals surface area contributed by atoms with Crippen LogP contribution in [0.4, 0.5) is 0 Å². The fourth-order valence-corrected chi connectivity index (χ4v) is 3.41. The number of benzene rings is 1. The third kappa shape index (κ3) is 3.62. The van der Waals surface area contributed by atoms with Crippen molar-refractivity contribution in [2.75, 3.05) is 26.7 Å². The second-order valence-electron chi connectivity index (χ2n) is 6.38. The zero-order valence-electron chi connectivity index (χ0n) is 13.6. The van der Waals surface area contributed by atoms with Crippen LogP contribution in [0.15, 0.2) is 18.2 Å². The number of rotatable bonds is 5. The third-order valence-electron chi connectivity index (χ3n) is 4.71. The van der Waals surface area contributed by atoms with E-state index in [9.17, 15) is 0 Å². The first-order valence-corrected chi connectivity index (χ1v) is 8.11.